The fraction of sp³-hybridized carbons (Fsp3) is 0.636. The van der Waals surface area contributed by atoms with Crippen molar-refractivity contribution in [2.45, 2.75) is 52.4 Å². The summed E-state index contributed by atoms with van der Waals surface area (Å²) in [6, 6.07) is 3.86. The molecule has 1 aromatic rings. The Morgan fingerprint density at radius 3 is 2.04 bits per heavy atom. The predicted molar refractivity (Wildman–Crippen MR) is 112 cm³/mol. The first-order chi connectivity index (χ1) is 12.8. The van der Waals surface area contributed by atoms with Crippen molar-refractivity contribution in [3.63, 3.8) is 0 Å². The van der Waals surface area contributed by atoms with Crippen molar-refractivity contribution in [2.75, 3.05) is 39.8 Å². The highest BCUT2D eigenvalue weighted by Crippen LogP contribution is 2.38. The third kappa shape index (κ3) is 5.04. The second-order valence-electron chi connectivity index (χ2n) is 9.66. The second kappa shape index (κ2) is 8.11. The van der Waals surface area contributed by atoms with E-state index in [1.54, 1.807) is 11.9 Å². The molecule has 1 fully saturated rings. The zero-order valence-corrected chi connectivity index (χ0v) is 18.3. The molecule has 0 spiro atoms. The summed E-state index contributed by atoms with van der Waals surface area (Å²) in [5.41, 5.74) is 1.80. The summed E-state index contributed by atoms with van der Waals surface area (Å²) in [6.45, 7) is 15.2. The molecule has 0 unspecified atom stereocenters. The summed E-state index contributed by atoms with van der Waals surface area (Å²) in [7, 11) is 1.62. The molecule has 0 bridgehead atoms. The highest BCUT2D eigenvalue weighted by Gasteiger charge is 2.30. The standard InChI is InChI=1S/C22H35N3O3/c1-21(2,3)15-12-16(19(27)17(13-15)22(4,5)6)20(28)25-10-8-24(9-11-25)14-18(26)23-7/h12-13,27H,8-11,14H2,1-7H3,(H,23,26). The summed E-state index contributed by atoms with van der Waals surface area (Å²) >= 11 is 0. The number of phenolic OH excluding ortho intramolecular Hbond substituents is 1. The molecule has 1 heterocycles. The molecule has 2 N–H and O–H groups in total. The van der Waals surface area contributed by atoms with Crippen LogP contribution in [0.4, 0.5) is 0 Å². The van der Waals surface area contributed by atoms with E-state index in [-0.39, 0.29) is 28.4 Å². The molecular formula is C22H35N3O3. The first kappa shape index (κ1) is 22.2. The topological polar surface area (TPSA) is 72.9 Å². The number of hydrogen-bond acceptors (Lipinski definition) is 4. The Labute approximate surface area is 168 Å². The van der Waals surface area contributed by atoms with Crippen LogP contribution in [-0.2, 0) is 15.6 Å². The van der Waals surface area contributed by atoms with Crippen LogP contribution in [0.2, 0.25) is 0 Å². The summed E-state index contributed by atoms with van der Waals surface area (Å²) < 4.78 is 0. The van der Waals surface area contributed by atoms with E-state index < -0.39 is 0 Å². The zero-order chi connectivity index (χ0) is 21.3. The molecule has 0 atom stereocenters. The van der Waals surface area contributed by atoms with Crippen LogP contribution < -0.4 is 5.32 Å². The van der Waals surface area contributed by atoms with Crippen LogP contribution in [0.1, 0.15) is 63.0 Å². The van der Waals surface area contributed by atoms with Crippen LogP contribution in [0.15, 0.2) is 12.1 Å². The molecule has 1 saturated heterocycles. The van der Waals surface area contributed by atoms with Crippen LogP contribution in [0.5, 0.6) is 5.75 Å². The van der Waals surface area contributed by atoms with Gasteiger partial charge in [-0.3, -0.25) is 14.5 Å². The summed E-state index contributed by atoms with van der Waals surface area (Å²) in [4.78, 5) is 28.6. The molecule has 0 aromatic heterocycles. The summed E-state index contributed by atoms with van der Waals surface area (Å²) in [5, 5.41) is 13.5. The minimum Gasteiger partial charge on any atom is -0.507 e. The SMILES string of the molecule is CNC(=O)CN1CCN(C(=O)c2cc(C(C)(C)C)cc(C(C)(C)C)c2O)CC1. The number of aromatic hydroxyl groups is 1. The number of piperazine rings is 1. The minimum absolute atomic E-state index is 0.0230. The predicted octanol–water partition coefficient (Wildman–Crippen LogP) is 2.49. The van der Waals surface area contributed by atoms with Gasteiger partial charge in [-0.25, -0.2) is 0 Å². The molecule has 2 amide bonds. The lowest BCUT2D eigenvalue weighted by Gasteiger charge is -2.35. The van der Waals surface area contributed by atoms with Gasteiger partial charge in [-0.1, -0.05) is 47.6 Å². The Balaban J connectivity index is 2.29. The Bertz CT molecular complexity index is 737. The normalized spacial score (nSPS) is 16.2. The van der Waals surface area contributed by atoms with E-state index in [4.69, 9.17) is 0 Å². The van der Waals surface area contributed by atoms with Crippen LogP contribution >= 0.6 is 0 Å². The smallest absolute Gasteiger partial charge is 0.257 e. The van der Waals surface area contributed by atoms with E-state index in [9.17, 15) is 14.7 Å². The van der Waals surface area contributed by atoms with E-state index in [1.807, 2.05) is 37.8 Å². The van der Waals surface area contributed by atoms with Crippen molar-refractivity contribution >= 4 is 11.8 Å². The van der Waals surface area contributed by atoms with E-state index in [2.05, 4.69) is 26.1 Å². The molecule has 0 saturated carbocycles. The zero-order valence-electron chi connectivity index (χ0n) is 18.3. The molecule has 6 heteroatoms. The van der Waals surface area contributed by atoms with Gasteiger partial charge in [0.15, 0.2) is 0 Å². The van der Waals surface area contributed by atoms with Gasteiger partial charge in [0.05, 0.1) is 12.1 Å². The maximum absolute atomic E-state index is 13.2. The number of carbonyl (C=O) groups excluding carboxylic acids is 2. The summed E-state index contributed by atoms with van der Waals surface area (Å²) in [6.07, 6.45) is 0. The van der Waals surface area contributed by atoms with E-state index in [0.717, 1.165) is 11.1 Å². The van der Waals surface area contributed by atoms with Crippen LogP contribution in [-0.4, -0.2) is 66.5 Å². The van der Waals surface area contributed by atoms with Crippen molar-refractivity contribution in [3.05, 3.63) is 28.8 Å². The molecule has 0 aliphatic carbocycles. The molecule has 1 aliphatic rings. The minimum atomic E-state index is -0.271. The molecule has 0 radical (unpaired) electrons. The van der Waals surface area contributed by atoms with E-state index >= 15 is 0 Å². The van der Waals surface area contributed by atoms with Crippen molar-refractivity contribution in [1.82, 2.24) is 15.1 Å². The molecule has 1 aromatic carbocycles. The number of nitrogens with zero attached hydrogens (tertiary/aromatic N) is 2. The molecule has 28 heavy (non-hydrogen) atoms. The largest absolute Gasteiger partial charge is 0.507 e. The van der Waals surface area contributed by atoms with Crippen LogP contribution in [0, 0.1) is 0 Å². The van der Waals surface area contributed by atoms with Crippen molar-refractivity contribution in [3.8, 4) is 5.75 Å². The lowest BCUT2D eigenvalue weighted by atomic mass is 9.78. The Morgan fingerprint density at radius 1 is 1.00 bits per heavy atom. The van der Waals surface area contributed by atoms with E-state index in [0.29, 0.717) is 38.3 Å². The van der Waals surface area contributed by atoms with Crippen molar-refractivity contribution in [1.29, 1.82) is 0 Å². The first-order valence-electron chi connectivity index (χ1n) is 9.94. The van der Waals surface area contributed by atoms with Crippen molar-refractivity contribution < 1.29 is 14.7 Å². The maximum Gasteiger partial charge on any atom is 0.257 e. The van der Waals surface area contributed by atoms with Crippen molar-refractivity contribution in [2.24, 2.45) is 0 Å². The molecule has 6 nitrogen and oxygen atoms in total. The average Bonchev–Trinajstić information content (AvgIpc) is 2.59. The van der Waals surface area contributed by atoms with Gasteiger partial charge in [-0.15, -0.1) is 0 Å². The highest BCUT2D eigenvalue weighted by molar-refractivity contribution is 5.97. The van der Waals surface area contributed by atoms with Gasteiger partial charge in [0, 0.05) is 38.8 Å². The number of likely N-dealkylation sites (N-methyl/N-ethyl adjacent to an activating group) is 1. The van der Waals surface area contributed by atoms with Gasteiger partial charge in [-0.2, -0.15) is 0 Å². The number of benzene rings is 1. The monoisotopic (exact) mass is 389 g/mol. The molecular weight excluding hydrogens is 354 g/mol. The molecule has 156 valence electrons. The first-order valence-corrected chi connectivity index (χ1v) is 9.94. The number of carbonyl (C=O) groups is 2. The van der Waals surface area contributed by atoms with Crippen LogP contribution in [0.3, 0.4) is 0 Å². The van der Waals surface area contributed by atoms with Gasteiger partial charge in [-0.05, 0) is 22.5 Å². The highest BCUT2D eigenvalue weighted by atomic mass is 16.3. The van der Waals surface area contributed by atoms with Gasteiger partial charge in [0.2, 0.25) is 5.91 Å². The lowest BCUT2D eigenvalue weighted by Crippen LogP contribution is -2.51. The van der Waals surface area contributed by atoms with Gasteiger partial charge < -0.3 is 15.3 Å². The second-order valence-corrected chi connectivity index (χ2v) is 9.66. The third-order valence-corrected chi connectivity index (χ3v) is 5.32. The molecule has 1 aliphatic heterocycles. The molecule has 2 rings (SSSR count). The number of amides is 2. The Hall–Kier alpha value is -2.08. The van der Waals surface area contributed by atoms with Gasteiger partial charge in [0.25, 0.3) is 5.91 Å². The van der Waals surface area contributed by atoms with Gasteiger partial charge in [0.1, 0.15) is 5.75 Å². The lowest BCUT2D eigenvalue weighted by molar-refractivity contribution is -0.122. The fourth-order valence-corrected chi connectivity index (χ4v) is 3.36. The number of nitrogens with one attached hydrogen (secondary N) is 1. The van der Waals surface area contributed by atoms with E-state index in [1.165, 1.54) is 0 Å². The van der Waals surface area contributed by atoms with Gasteiger partial charge >= 0.3 is 0 Å². The quantitative estimate of drug-likeness (QED) is 0.833. The number of rotatable bonds is 3. The Kier molecular flexibility index (Phi) is 6.44. The Morgan fingerprint density at radius 2 is 1.57 bits per heavy atom. The number of hydrogen-bond donors (Lipinski definition) is 2. The average molecular weight is 390 g/mol. The fourth-order valence-electron chi connectivity index (χ4n) is 3.36. The third-order valence-electron chi connectivity index (χ3n) is 5.32. The number of phenols is 1. The summed E-state index contributed by atoms with van der Waals surface area (Å²) in [5.74, 6) is -0.0860. The van der Waals surface area contributed by atoms with Crippen LogP contribution in [0.25, 0.3) is 0 Å². The maximum atomic E-state index is 13.2.